The zero-order valence-electron chi connectivity index (χ0n) is 11.0. The van der Waals surface area contributed by atoms with Crippen LogP contribution in [0.15, 0.2) is 0 Å². The van der Waals surface area contributed by atoms with Gasteiger partial charge in [-0.1, -0.05) is 27.7 Å². The van der Waals surface area contributed by atoms with Gasteiger partial charge in [-0.3, -0.25) is 0 Å². The molecule has 0 rings (SSSR count). The summed E-state index contributed by atoms with van der Waals surface area (Å²) < 4.78 is 5.67. The van der Waals surface area contributed by atoms with E-state index in [1.165, 1.54) is 19.3 Å². The lowest BCUT2D eigenvalue weighted by Gasteiger charge is -2.16. The van der Waals surface area contributed by atoms with Gasteiger partial charge in [0.15, 0.2) is 0 Å². The fourth-order valence-electron chi connectivity index (χ4n) is 1.49. The van der Waals surface area contributed by atoms with Gasteiger partial charge in [-0.25, -0.2) is 0 Å². The molecule has 1 unspecified atom stereocenters. The van der Waals surface area contributed by atoms with E-state index in [0.717, 1.165) is 32.1 Å². The Morgan fingerprint density at radius 2 is 1.93 bits per heavy atom. The molecular weight excluding hydrogens is 186 g/mol. The van der Waals surface area contributed by atoms with E-state index in [-0.39, 0.29) is 0 Å². The van der Waals surface area contributed by atoms with Crippen molar-refractivity contribution in [2.45, 2.75) is 59.4 Å². The first-order valence-electron chi connectivity index (χ1n) is 6.51. The Labute approximate surface area is 95.8 Å². The van der Waals surface area contributed by atoms with Gasteiger partial charge in [0.1, 0.15) is 0 Å². The van der Waals surface area contributed by atoms with Gasteiger partial charge in [0, 0.05) is 12.6 Å². The predicted molar refractivity (Wildman–Crippen MR) is 67.3 cm³/mol. The van der Waals surface area contributed by atoms with Crippen LogP contribution in [0.25, 0.3) is 0 Å². The summed E-state index contributed by atoms with van der Waals surface area (Å²) in [6.45, 7) is 11.8. The standard InChI is InChI=1S/C13H29NO/c1-5-9-14-13(6-2)11-15-10-7-8-12(3)4/h12-14H,5-11H2,1-4H3. The average molecular weight is 215 g/mol. The molecule has 0 bridgehead atoms. The molecule has 0 saturated heterocycles. The lowest BCUT2D eigenvalue weighted by molar-refractivity contribution is 0.105. The maximum absolute atomic E-state index is 5.67. The van der Waals surface area contributed by atoms with E-state index in [1.54, 1.807) is 0 Å². The second-order valence-electron chi connectivity index (χ2n) is 4.67. The minimum absolute atomic E-state index is 0.545. The zero-order chi connectivity index (χ0) is 11.5. The van der Waals surface area contributed by atoms with Gasteiger partial charge >= 0.3 is 0 Å². The molecular formula is C13H29NO. The van der Waals surface area contributed by atoms with Crippen LogP contribution in [0.1, 0.15) is 53.4 Å². The lowest BCUT2D eigenvalue weighted by Crippen LogP contribution is -2.33. The molecule has 1 atom stereocenters. The molecule has 15 heavy (non-hydrogen) atoms. The van der Waals surface area contributed by atoms with Crippen LogP contribution in [0.3, 0.4) is 0 Å². The number of hydrogen-bond acceptors (Lipinski definition) is 2. The second-order valence-corrected chi connectivity index (χ2v) is 4.67. The third kappa shape index (κ3) is 10.2. The van der Waals surface area contributed by atoms with Gasteiger partial charge in [0.05, 0.1) is 6.61 Å². The van der Waals surface area contributed by atoms with Crippen molar-refractivity contribution in [3.63, 3.8) is 0 Å². The minimum Gasteiger partial charge on any atom is -0.380 e. The van der Waals surface area contributed by atoms with Crippen molar-refractivity contribution in [1.29, 1.82) is 0 Å². The van der Waals surface area contributed by atoms with E-state index < -0.39 is 0 Å². The monoisotopic (exact) mass is 215 g/mol. The maximum Gasteiger partial charge on any atom is 0.0619 e. The Bertz CT molecular complexity index is 126. The third-order valence-electron chi connectivity index (χ3n) is 2.56. The van der Waals surface area contributed by atoms with Crippen molar-refractivity contribution in [1.82, 2.24) is 5.32 Å². The van der Waals surface area contributed by atoms with E-state index in [4.69, 9.17) is 4.74 Å². The van der Waals surface area contributed by atoms with Crippen LogP contribution in [-0.4, -0.2) is 25.8 Å². The molecule has 0 aromatic heterocycles. The lowest BCUT2D eigenvalue weighted by atomic mass is 10.1. The van der Waals surface area contributed by atoms with Crippen LogP contribution < -0.4 is 5.32 Å². The van der Waals surface area contributed by atoms with Gasteiger partial charge in [-0.15, -0.1) is 0 Å². The highest BCUT2D eigenvalue weighted by molar-refractivity contribution is 4.62. The van der Waals surface area contributed by atoms with E-state index in [0.29, 0.717) is 6.04 Å². The molecule has 0 saturated carbocycles. The molecule has 92 valence electrons. The van der Waals surface area contributed by atoms with E-state index in [1.807, 2.05) is 0 Å². The molecule has 2 heteroatoms. The zero-order valence-corrected chi connectivity index (χ0v) is 11.0. The Morgan fingerprint density at radius 3 is 2.47 bits per heavy atom. The molecule has 0 heterocycles. The summed E-state index contributed by atoms with van der Waals surface area (Å²) in [5.41, 5.74) is 0. The molecule has 0 aliphatic carbocycles. The third-order valence-corrected chi connectivity index (χ3v) is 2.56. The molecule has 0 aromatic rings. The molecule has 0 fully saturated rings. The van der Waals surface area contributed by atoms with Gasteiger partial charge in [0.2, 0.25) is 0 Å². The van der Waals surface area contributed by atoms with Crippen molar-refractivity contribution in [3.8, 4) is 0 Å². The second kappa shape index (κ2) is 10.4. The van der Waals surface area contributed by atoms with Gasteiger partial charge < -0.3 is 10.1 Å². The smallest absolute Gasteiger partial charge is 0.0619 e. The Hall–Kier alpha value is -0.0800. The molecule has 0 spiro atoms. The predicted octanol–water partition coefficient (Wildman–Crippen LogP) is 3.22. The molecule has 0 radical (unpaired) electrons. The van der Waals surface area contributed by atoms with Gasteiger partial charge in [-0.2, -0.15) is 0 Å². The van der Waals surface area contributed by atoms with E-state index in [2.05, 4.69) is 33.0 Å². The average Bonchev–Trinajstić information content (AvgIpc) is 2.21. The SMILES string of the molecule is CCCNC(CC)COCCCC(C)C. The highest BCUT2D eigenvalue weighted by atomic mass is 16.5. The first kappa shape index (κ1) is 14.9. The van der Waals surface area contributed by atoms with Gasteiger partial charge in [0.25, 0.3) is 0 Å². The van der Waals surface area contributed by atoms with Crippen LogP contribution in [0.2, 0.25) is 0 Å². The number of ether oxygens (including phenoxy) is 1. The first-order valence-corrected chi connectivity index (χ1v) is 6.51. The summed E-state index contributed by atoms with van der Waals surface area (Å²) in [6, 6.07) is 0.545. The summed E-state index contributed by atoms with van der Waals surface area (Å²) in [4.78, 5) is 0. The summed E-state index contributed by atoms with van der Waals surface area (Å²) in [5.74, 6) is 0.800. The minimum atomic E-state index is 0.545. The van der Waals surface area contributed by atoms with Crippen molar-refractivity contribution in [3.05, 3.63) is 0 Å². The topological polar surface area (TPSA) is 21.3 Å². The fraction of sp³-hybridized carbons (Fsp3) is 1.00. The number of hydrogen-bond donors (Lipinski definition) is 1. The largest absolute Gasteiger partial charge is 0.380 e. The molecule has 0 aliphatic rings. The highest BCUT2D eigenvalue weighted by Crippen LogP contribution is 2.03. The van der Waals surface area contributed by atoms with E-state index in [9.17, 15) is 0 Å². The summed E-state index contributed by atoms with van der Waals surface area (Å²) in [7, 11) is 0. The first-order chi connectivity index (χ1) is 7.20. The van der Waals surface area contributed by atoms with Crippen LogP contribution in [0.4, 0.5) is 0 Å². The van der Waals surface area contributed by atoms with Crippen molar-refractivity contribution < 1.29 is 4.74 Å². The summed E-state index contributed by atoms with van der Waals surface area (Å²) >= 11 is 0. The quantitative estimate of drug-likeness (QED) is 0.565. The van der Waals surface area contributed by atoms with Crippen LogP contribution in [0.5, 0.6) is 0 Å². The molecule has 1 N–H and O–H groups in total. The van der Waals surface area contributed by atoms with Crippen molar-refractivity contribution >= 4 is 0 Å². The normalized spacial score (nSPS) is 13.4. The summed E-state index contributed by atoms with van der Waals surface area (Å²) in [5, 5.41) is 3.49. The maximum atomic E-state index is 5.67. The van der Waals surface area contributed by atoms with E-state index >= 15 is 0 Å². The van der Waals surface area contributed by atoms with Gasteiger partial charge in [-0.05, 0) is 38.1 Å². The number of rotatable bonds is 10. The Balaban J connectivity index is 3.30. The Morgan fingerprint density at radius 1 is 1.20 bits per heavy atom. The van der Waals surface area contributed by atoms with Crippen LogP contribution in [-0.2, 0) is 4.74 Å². The van der Waals surface area contributed by atoms with Crippen LogP contribution in [0, 0.1) is 5.92 Å². The molecule has 0 aliphatic heterocycles. The Kier molecular flexibility index (Phi) is 10.4. The molecule has 2 nitrogen and oxygen atoms in total. The molecule has 0 aromatic carbocycles. The number of nitrogens with one attached hydrogen (secondary N) is 1. The van der Waals surface area contributed by atoms with Crippen molar-refractivity contribution in [2.24, 2.45) is 5.92 Å². The fourth-order valence-corrected chi connectivity index (χ4v) is 1.49. The molecule has 0 amide bonds. The van der Waals surface area contributed by atoms with Crippen LogP contribution >= 0.6 is 0 Å². The highest BCUT2D eigenvalue weighted by Gasteiger charge is 2.04. The summed E-state index contributed by atoms with van der Waals surface area (Å²) in [6.07, 6.45) is 4.83. The van der Waals surface area contributed by atoms with Crippen molar-refractivity contribution in [2.75, 3.05) is 19.8 Å².